The molecule has 1 heterocycles. The van der Waals surface area contributed by atoms with Crippen LogP contribution in [-0.2, 0) is 16.1 Å². The maximum absolute atomic E-state index is 12.6. The van der Waals surface area contributed by atoms with E-state index in [1.165, 1.54) is 7.11 Å². The molecule has 3 rings (SSSR count). The van der Waals surface area contributed by atoms with Gasteiger partial charge < -0.3 is 10.3 Å². The average molecular weight is 372 g/mol. The fraction of sp³-hybridized carbons (Fsp3) is 0.158. The maximum Gasteiger partial charge on any atom is 0.268 e. The summed E-state index contributed by atoms with van der Waals surface area (Å²) >= 11 is 5.98. The number of hydrogen-bond acceptors (Lipinski definition) is 3. The van der Waals surface area contributed by atoms with Gasteiger partial charge in [-0.15, -0.1) is 0 Å². The van der Waals surface area contributed by atoms with E-state index in [9.17, 15) is 9.59 Å². The third-order valence-corrected chi connectivity index (χ3v) is 4.17. The van der Waals surface area contributed by atoms with Gasteiger partial charge in [0.05, 0.1) is 7.11 Å². The van der Waals surface area contributed by atoms with Crippen LogP contribution in [0, 0.1) is 0 Å². The van der Waals surface area contributed by atoms with Gasteiger partial charge in [0.2, 0.25) is 0 Å². The summed E-state index contributed by atoms with van der Waals surface area (Å²) in [6.07, 6.45) is 0.341. The number of fused-ring (bicyclic) bond motifs is 1. The molecule has 0 fully saturated rings. The number of nitrogens with one attached hydrogen (secondary N) is 3. The Labute approximate surface area is 155 Å². The monoisotopic (exact) mass is 371 g/mol. The largest absolute Gasteiger partial charge is 0.351 e. The van der Waals surface area contributed by atoms with Crippen LogP contribution in [0.4, 0.5) is 0 Å². The Morgan fingerprint density at radius 3 is 2.65 bits per heavy atom. The minimum absolute atomic E-state index is 0.341. The molecule has 0 spiro atoms. The summed E-state index contributed by atoms with van der Waals surface area (Å²) in [6.45, 7) is 0. The molecule has 0 aliphatic heterocycles. The predicted molar refractivity (Wildman–Crippen MR) is 99.9 cm³/mol. The minimum atomic E-state index is -0.778. The third-order valence-electron chi connectivity index (χ3n) is 3.93. The zero-order valence-electron chi connectivity index (χ0n) is 14.1. The van der Waals surface area contributed by atoms with E-state index in [1.807, 2.05) is 30.3 Å². The summed E-state index contributed by atoms with van der Waals surface area (Å²) in [6, 6.07) is 15.7. The number of H-pyrrole nitrogens is 1. The van der Waals surface area contributed by atoms with E-state index in [1.54, 1.807) is 24.3 Å². The SMILES string of the molecule is CONC(=O)[C@H](Cc1ccccc1)NC(=O)c1cc2cc(Cl)ccc2[nH]1. The van der Waals surface area contributed by atoms with Gasteiger partial charge in [0, 0.05) is 22.3 Å². The van der Waals surface area contributed by atoms with Crippen LogP contribution in [0.1, 0.15) is 16.1 Å². The first-order chi connectivity index (χ1) is 12.6. The van der Waals surface area contributed by atoms with Crippen molar-refractivity contribution < 1.29 is 14.4 Å². The molecule has 0 aliphatic carbocycles. The van der Waals surface area contributed by atoms with Gasteiger partial charge in [0.25, 0.3) is 11.8 Å². The highest BCUT2D eigenvalue weighted by Gasteiger charge is 2.22. The molecule has 3 N–H and O–H groups in total. The molecule has 1 atom stereocenters. The lowest BCUT2D eigenvalue weighted by Gasteiger charge is -2.17. The number of rotatable bonds is 6. The number of aromatic amines is 1. The summed E-state index contributed by atoms with van der Waals surface area (Å²) in [7, 11) is 1.35. The Morgan fingerprint density at radius 1 is 1.15 bits per heavy atom. The standard InChI is InChI=1S/C19H18ClN3O3/c1-26-23-19(25)16(9-12-5-3-2-4-6-12)22-18(24)17-11-13-10-14(20)7-8-15(13)21-17/h2-8,10-11,16,21H,9H2,1H3,(H,22,24)(H,23,25)/t16-/m0/s1. The first-order valence-electron chi connectivity index (χ1n) is 8.02. The maximum atomic E-state index is 12.6. The fourth-order valence-corrected chi connectivity index (χ4v) is 2.87. The number of aromatic nitrogens is 1. The molecule has 6 nitrogen and oxygen atoms in total. The van der Waals surface area contributed by atoms with Gasteiger partial charge >= 0.3 is 0 Å². The van der Waals surface area contributed by atoms with E-state index < -0.39 is 11.9 Å². The number of carbonyl (C=O) groups is 2. The van der Waals surface area contributed by atoms with Crippen LogP contribution >= 0.6 is 11.6 Å². The van der Waals surface area contributed by atoms with E-state index >= 15 is 0 Å². The first-order valence-corrected chi connectivity index (χ1v) is 8.40. The Kier molecular flexibility index (Phi) is 5.55. The molecule has 134 valence electrons. The van der Waals surface area contributed by atoms with Crippen LogP contribution in [0.25, 0.3) is 10.9 Å². The van der Waals surface area contributed by atoms with Crippen LogP contribution in [0.3, 0.4) is 0 Å². The smallest absolute Gasteiger partial charge is 0.268 e. The normalized spacial score (nSPS) is 11.9. The van der Waals surface area contributed by atoms with Crippen LogP contribution in [0.5, 0.6) is 0 Å². The van der Waals surface area contributed by atoms with Crippen molar-refractivity contribution in [2.75, 3.05) is 7.11 Å². The highest BCUT2D eigenvalue weighted by molar-refractivity contribution is 6.31. The zero-order chi connectivity index (χ0) is 18.5. The molecule has 0 saturated carbocycles. The van der Waals surface area contributed by atoms with Crippen molar-refractivity contribution in [3.8, 4) is 0 Å². The van der Waals surface area contributed by atoms with E-state index in [0.29, 0.717) is 17.1 Å². The number of hydrogen-bond donors (Lipinski definition) is 3. The molecule has 2 amide bonds. The molecule has 0 bridgehead atoms. The Morgan fingerprint density at radius 2 is 1.92 bits per heavy atom. The summed E-state index contributed by atoms with van der Waals surface area (Å²) < 4.78 is 0. The second-order valence-corrected chi connectivity index (χ2v) is 6.24. The average Bonchev–Trinajstić information content (AvgIpc) is 3.05. The van der Waals surface area contributed by atoms with Gasteiger partial charge in [-0.05, 0) is 29.8 Å². The van der Waals surface area contributed by atoms with Crippen molar-refractivity contribution in [1.29, 1.82) is 0 Å². The molecule has 26 heavy (non-hydrogen) atoms. The predicted octanol–water partition coefficient (Wildman–Crippen LogP) is 2.84. The second kappa shape index (κ2) is 8.03. The summed E-state index contributed by atoms with van der Waals surface area (Å²) in [4.78, 5) is 32.6. The topological polar surface area (TPSA) is 83.2 Å². The lowest BCUT2D eigenvalue weighted by atomic mass is 10.1. The van der Waals surface area contributed by atoms with E-state index in [0.717, 1.165) is 16.5 Å². The molecule has 3 aromatic rings. The van der Waals surface area contributed by atoms with Crippen molar-refractivity contribution in [2.45, 2.75) is 12.5 Å². The molecule has 7 heteroatoms. The molecule has 0 saturated heterocycles. The van der Waals surface area contributed by atoms with Crippen LogP contribution in [-0.4, -0.2) is 29.9 Å². The van der Waals surface area contributed by atoms with Gasteiger partial charge in [-0.3, -0.25) is 14.4 Å². The van der Waals surface area contributed by atoms with E-state index in [2.05, 4.69) is 15.8 Å². The summed E-state index contributed by atoms with van der Waals surface area (Å²) in [5.41, 5.74) is 4.34. The summed E-state index contributed by atoms with van der Waals surface area (Å²) in [5.74, 6) is -0.812. The van der Waals surface area contributed by atoms with Gasteiger partial charge in [-0.25, -0.2) is 5.48 Å². The van der Waals surface area contributed by atoms with Crippen LogP contribution in [0.15, 0.2) is 54.6 Å². The number of amides is 2. The molecular weight excluding hydrogens is 354 g/mol. The van der Waals surface area contributed by atoms with E-state index in [4.69, 9.17) is 16.4 Å². The Balaban J connectivity index is 1.79. The highest BCUT2D eigenvalue weighted by Crippen LogP contribution is 2.20. The van der Waals surface area contributed by atoms with Crippen LogP contribution in [0.2, 0.25) is 5.02 Å². The highest BCUT2D eigenvalue weighted by atomic mass is 35.5. The Hall–Kier alpha value is -2.83. The Bertz CT molecular complexity index is 924. The third kappa shape index (κ3) is 4.22. The molecular formula is C19H18ClN3O3. The fourth-order valence-electron chi connectivity index (χ4n) is 2.69. The zero-order valence-corrected chi connectivity index (χ0v) is 14.8. The molecule has 0 unspecified atom stereocenters. The number of hydroxylamine groups is 1. The molecule has 0 aliphatic rings. The molecule has 1 aromatic heterocycles. The van der Waals surface area contributed by atoms with Gasteiger partial charge in [0.15, 0.2) is 0 Å². The second-order valence-electron chi connectivity index (χ2n) is 5.80. The lowest BCUT2D eigenvalue weighted by molar-refractivity contribution is -0.133. The number of halogens is 1. The van der Waals surface area contributed by atoms with Crippen molar-refractivity contribution in [3.63, 3.8) is 0 Å². The van der Waals surface area contributed by atoms with Gasteiger partial charge in [0.1, 0.15) is 11.7 Å². The van der Waals surface area contributed by atoms with E-state index in [-0.39, 0.29) is 5.91 Å². The number of benzene rings is 2. The van der Waals surface area contributed by atoms with Gasteiger partial charge in [-0.1, -0.05) is 41.9 Å². The van der Waals surface area contributed by atoms with Crippen molar-refractivity contribution in [2.24, 2.45) is 0 Å². The quantitative estimate of drug-likeness (QED) is 0.583. The first kappa shape index (κ1) is 18.0. The lowest BCUT2D eigenvalue weighted by Crippen LogP contribution is -2.47. The number of carbonyl (C=O) groups excluding carboxylic acids is 2. The molecule has 0 radical (unpaired) electrons. The van der Waals surface area contributed by atoms with Gasteiger partial charge in [-0.2, -0.15) is 0 Å². The van der Waals surface area contributed by atoms with Crippen LogP contribution < -0.4 is 10.8 Å². The van der Waals surface area contributed by atoms with Crippen molar-refractivity contribution in [1.82, 2.24) is 15.8 Å². The summed E-state index contributed by atoms with van der Waals surface area (Å²) in [5, 5.41) is 4.16. The van der Waals surface area contributed by atoms with Crippen molar-refractivity contribution in [3.05, 3.63) is 70.9 Å². The minimum Gasteiger partial charge on any atom is -0.351 e. The van der Waals surface area contributed by atoms with Crippen molar-refractivity contribution >= 4 is 34.3 Å². The molecule has 2 aromatic carbocycles.